The zero-order valence-electron chi connectivity index (χ0n) is 13.9. The van der Waals surface area contributed by atoms with Crippen LogP contribution in [0.25, 0.3) is 10.8 Å². The van der Waals surface area contributed by atoms with Gasteiger partial charge < -0.3 is 4.74 Å². The number of nitriles is 1. The molecule has 2 amide bonds. The van der Waals surface area contributed by atoms with E-state index in [4.69, 9.17) is 10.00 Å². The lowest BCUT2D eigenvalue weighted by Gasteiger charge is -2.13. The van der Waals surface area contributed by atoms with E-state index in [0.717, 1.165) is 10.8 Å². The van der Waals surface area contributed by atoms with Crippen LogP contribution in [0, 0.1) is 11.3 Å². The summed E-state index contributed by atoms with van der Waals surface area (Å²) in [5, 5.41) is 10.4. The lowest BCUT2D eigenvalue weighted by atomic mass is 10.0. The molecule has 0 spiro atoms. The van der Waals surface area contributed by atoms with E-state index in [-0.39, 0.29) is 0 Å². The summed E-state index contributed by atoms with van der Waals surface area (Å²) in [6, 6.07) is 19.0. The Kier molecular flexibility index (Phi) is 4.81. The molecule has 0 aliphatic rings. The van der Waals surface area contributed by atoms with E-state index < -0.39 is 11.8 Å². The van der Waals surface area contributed by atoms with Crippen LogP contribution in [0.4, 0.5) is 0 Å². The van der Waals surface area contributed by atoms with Crippen LogP contribution in [0.15, 0.2) is 60.7 Å². The van der Waals surface area contributed by atoms with Crippen molar-refractivity contribution in [3.8, 4) is 11.8 Å². The molecule has 6 heteroatoms. The summed E-state index contributed by atoms with van der Waals surface area (Å²) >= 11 is 0. The SMILES string of the molecule is COc1ccc2ccccc2c1C(=O)NNC(=O)c1ccc(C#N)cc1. The lowest BCUT2D eigenvalue weighted by molar-refractivity contribution is 0.0846. The van der Waals surface area contributed by atoms with Crippen molar-refractivity contribution in [3.05, 3.63) is 77.4 Å². The predicted octanol–water partition coefficient (Wildman–Crippen LogP) is 2.79. The fraction of sp³-hybridized carbons (Fsp3) is 0.0500. The minimum absolute atomic E-state index is 0.328. The quantitative estimate of drug-likeness (QED) is 0.714. The van der Waals surface area contributed by atoms with Gasteiger partial charge in [-0.25, -0.2) is 0 Å². The highest BCUT2D eigenvalue weighted by molar-refractivity contribution is 6.10. The molecule has 0 aliphatic carbocycles. The maximum Gasteiger partial charge on any atom is 0.274 e. The van der Waals surface area contributed by atoms with E-state index in [1.165, 1.54) is 31.4 Å². The van der Waals surface area contributed by atoms with Crippen molar-refractivity contribution in [1.29, 1.82) is 5.26 Å². The van der Waals surface area contributed by atoms with Gasteiger partial charge in [0.2, 0.25) is 0 Å². The van der Waals surface area contributed by atoms with Gasteiger partial charge in [-0.3, -0.25) is 20.4 Å². The van der Waals surface area contributed by atoms with E-state index in [2.05, 4.69) is 10.9 Å². The molecular formula is C20H15N3O3. The number of nitrogens with one attached hydrogen (secondary N) is 2. The van der Waals surface area contributed by atoms with E-state index in [1.807, 2.05) is 36.4 Å². The summed E-state index contributed by atoms with van der Waals surface area (Å²) in [5.41, 5.74) is 5.90. The first-order valence-electron chi connectivity index (χ1n) is 7.80. The van der Waals surface area contributed by atoms with Crippen LogP contribution in [0.2, 0.25) is 0 Å². The fourth-order valence-corrected chi connectivity index (χ4v) is 2.60. The number of carbonyl (C=O) groups excluding carboxylic acids is 2. The van der Waals surface area contributed by atoms with Gasteiger partial charge >= 0.3 is 0 Å². The topological polar surface area (TPSA) is 91.2 Å². The Bertz CT molecular complexity index is 1020. The molecule has 0 fully saturated rings. The molecule has 0 aromatic heterocycles. The number of hydrogen-bond donors (Lipinski definition) is 2. The van der Waals surface area contributed by atoms with Crippen molar-refractivity contribution in [2.45, 2.75) is 0 Å². The smallest absolute Gasteiger partial charge is 0.274 e. The van der Waals surface area contributed by atoms with Gasteiger partial charge in [0.1, 0.15) is 5.75 Å². The number of benzene rings is 3. The van der Waals surface area contributed by atoms with Crippen LogP contribution in [-0.4, -0.2) is 18.9 Å². The number of methoxy groups -OCH3 is 1. The molecule has 6 nitrogen and oxygen atoms in total. The molecule has 0 radical (unpaired) electrons. The normalized spacial score (nSPS) is 10.0. The first-order chi connectivity index (χ1) is 12.6. The number of amides is 2. The molecule has 3 rings (SSSR count). The lowest BCUT2D eigenvalue weighted by Crippen LogP contribution is -2.41. The van der Waals surface area contributed by atoms with Gasteiger partial charge in [-0.2, -0.15) is 5.26 Å². The van der Waals surface area contributed by atoms with Gasteiger partial charge in [-0.15, -0.1) is 0 Å². The molecule has 128 valence electrons. The number of hydrazine groups is 1. The second kappa shape index (κ2) is 7.36. The third-order valence-corrected chi connectivity index (χ3v) is 3.90. The van der Waals surface area contributed by atoms with Crippen molar-refractivity contribution in [2.75, 3.05) is 7.11 Å². The average molecular weight is 345 g/mol. The van der Waals surface area contributed by atoms with Crippen LogP contribution in [-0.2, 0) is 0 Å². The van der Waals surface area contributed by atoms with Gasteiger partial charge in [0.25, 0.3) is 11.8 Å². The monoisotopic (exact) mass is 345 g/mol. The number of carbonyl (C=O) groups is 2. The second-order valence-electron chi connectivity index (χ2n) is 5.46. The molecule has 0 saturated heterocycles. The summed E-state index contributed by atoms with van der Waals surface area (Å²) in [7, 11) is 1.48. The number of rotatable bonds is 3. The number of nitrogens with zero attached hydrogens (tertiary/aromatic N) is 1. The largest absolute Gasteiger partial charge is 0.496 e. The molecule has 0 saturated carbocycles. The average Bonchev–Trinajstić information content (AvgIpc) is 2.70. The van der Waals surface area contributed by atoms with Crippen LogP contribution < -0.4 is 15.6 Å². The molecule has 0 bridgehead atoms. The molecule has 3 aromatic rings. The zero-order valence-corrected chi connectivity index (χ0v) is 13.9. The van der Waals surface area contributed by atoms with Gasteiger partial charge in [0.15, 0.2) is 0 Å². The Morgan fingerprint density at radius 3 is 2.31 bits per heavy atom. The van der Waals surface area contributed by atoms with Crippen molar-refractivity contribution < 1.29 is 14.3 Å². The Hall–Kier alpha value is -3.85. The molecule has 0 unspecified atom stereocenters. The highest BCUT2D eigenvalue weighted by Crippen LogP contribution is 2.27. The molecule has 26 heavy (non-hydrogen) atoms. The Morgan fingerprint density at radius 1 is 0.923 bits per heavy atom. The van der Waals surface area contributed by atoms with E-state index in [0.29, 0.717) is 22.4 Å². The minimum Gasteiger partial charge on any atom is -0.496 e. The maximum atomic E-state index is 12.6. The molecule has 0 aliphatic heterocycles. The van der Waals surface area contributed by atoms with E-state index in [9.17, 15) is 9.59 Å². The highest BCUT2D eigenvalue weighted by atomic mass is 16.5. The summed E-state index contributed by atoms with van der Waals surface area (Å²) in [6.07, 6.45) is 0. The summed E-state index contributed by atoms with van der Waals surface area (Å²) in [4.78, 5) is 24.8. The predicted molar refractivity (Wildman–Crippen MR) is 96.6 cm³/mol. The molecular weight excluding hydrogens is 330 g/mol. The molecule has 2 N–H and O–H groups in total. The highest BCUT2D eigenvalue weighted by Gasteiger charge is 2.17. The standard InChI is InChI=1S/C20H15N3O3/c1-26-17-11-10-14-4-2-3-5-16(14)18(17)20(25)23-22-19(24)15-8-6-13(12-21)7-9-15/h2-11H,1H3,(H,22,24)(H,23,25). The van der Waals surface area contributed by atoms with Crippen LogP contribution >= 0.6 is 0 Å². The van der Waals surface area contributed by atoms with Gasteiger partial charge in [0.05, 0.1) is 24.3 Å². The van der Waals surface area contributed by atoms with Crippen molar-refractivity contribution in [1.82, 2.24) is 10.9 Å². The van der Waals surface area contributed by atoms with Crippen LogP contribution in [0.3, 0.4) is 0 Å². The minimum atomic E-state index is -0.486. The van der Waals surface area contributed by atoms with Crippen molar-refractivity contribution >= 4 is 22.6 Å². The van der Waals surface area contributed by atoms with Crippen LogP contribution in [0.1, 0.15) is 26.3 Å². The summed E-state index contributed by atoms with van der Waals surface area (Å²) in [6.45, 7) is 0. The molecule has 3 aromatic carbocycles. The fourth-order valence-electron chi connectivity index (χ4n) is 2.60. The van der Waals surface area contributed by atoms with Crippen molar-refractivity contribution in [2.24, 2.45) is 0 Å². The Morgan fingerprint density at radius 2 is 1.62 bits per heavy atom. The number of fused-ring (bicyclic) bond motifs is 1. The number of hydrogen-bond acceptors (Lipinski definition) is 4. The third-order valence-electron chi connectivity index (χ3n) is 3.90. The molecule has 0 heterocycles. The molecule has 0 atom stereocenters. The van der Waals surface area contributed by atoms with Gasteiger partial charge in [0, 0.05) is 5.56 Å². The first-order valence-corrected chi connectivity index (χ1v) is 7.80. The zero-order chi connectivity index (χ0) is 18.5. The maximum absolute atomic E-state index is 12.6. The second-order valence-corrected chi connectivity index (χ2v) is 5.46. The third kappa shape index (κ3) is 3.32. The summed E-state index contributed by atoms with van der Waals surface area (Å²) in [5.74, 6) is -0.559. The van der Waals surface area contributed by atoms with E-state index >= 15 is 0 Å². The van der Waals surface area contributed by atoms with Gasteiger partial charge in [-0.05, 0) is 41.1 Å². The number of ether oxygens (including phenoxy) is 1. The summed E-state index contributed by atoms with van der Waals surface area (Å²) < 4.78 is 5.29. The first kappa shape index (κ1) is 17.0. The van der Waals surface area contributed by atoms with Gasteiger partial charge in [-0.1, -0.05) is 30.3 Å². The Labute approximate surface area is 150 Å². The van der Waals surface area contributed by atoms with Crippen LogP contribution in [0.5, 0.6) is 5.75 Å². The van der Waals surface area contributed by atoms with E-state index in [1.54, 1.807) is 6.07 Å². The van der Waals surface area contributed by atoms with Crippen molar-refractivity contribution in [3.63, 3.8) is 0 Å². The Balaban J connectivity index is 1.81.